The van der Waals surface area contributed by atoms with E-state index >= 15 is 0 Å². The van der Waals surface area contributed by atoms with E-state index in [1.807, 2.05) is 12.1 Å². The molecule has 0 heterocycles. The third-order valence-electron chi connectivity index (χ3n) is 6.10. The minimum atomic E-state index is -0.161. The van der Waals surface area contributed by atoms with Gasteiger partial charge in [0.15, 0.2) is 0 Å². The van der Waals surface area contributed by atoms with Crippen LogP contribution in [0.25, 0.3) is 0 Å². The molecule has 0 unspecified atom stereocenters. The SMILES string of the molecule is CCCCCc1ccc(C#C[C@H]2CC[C@H](c3ccc(CC)cc3)CC2)c(F)c1. The second-order valence-corrected chi connectivity index (χ2v) is 8.18. The molecule has 2 aromatic rings. The molecule has 1 aliphatic carbocycles. The summed E-state index contributed by atoms with van der Waals surface area (Å²) in [4.78, 5) is 0. The minimum absolute atomic E-state index is 0.161. The predicted molar refractivity (Wildman–Crippen MR) is 117 cm³/mol. The molecule has 0 bridgehead atoms. The van der Waals surface area contributed by atoms with Crippen molar-refractivity contribution in [3.63, 3.8) is 0 Å². The van der Waals surface area contributed by atoms with Gasteiger partial charge in [-0.1, -0.05) is 68.9 Å². The van der Waals surface area contributed by atoms with E-state index in [9.17, 15) is 4.39 Å². The molecule has 0 saturated heterocycles. The molecule has 1 heteroatoms. The van der Waals surface area contributed by atoms with Crippen LogP contribution in [0.1, 0.15) is 87.0 Å². The number of hydrogen-bond acceptors (Lipinski definition) is 0. The number of hydrogen-bond donors (Lipinski definition) is 0. The van der Waals surface area contributed by atoms with Gasteiger partial charge in [0, 0.05) is 5.92 Å². The Morgan fingerprint density at radius 3 is 2.25 bits per heavy atom. The minimum Gasteiger partial charge on any atom is -0.206 e. The van der Waals surface area contributed by atoms with Crippen LogP contribution in [0, 0.1) is 23.6 Å². The average molecular weight is 377 g/mol. The molecular weight excluding hydrogens is 343 g/mol. The van der Waals surface area contributed by atoms with Gasteiger partial charge in [0.25, 0.3) is 0 Å². The highest BCUT2D eigenvalue weighted by molar-refractivity contribution is 5.38. The summed E-state index contributed by atoms with van der Waals surface area (Å²) >= 11 is 0. The first kappa shape index (κ1) is 20.7. The third-order valence-corrected chi connectivity index (χ3v) is 6.10. The van der Waals surface area contributed by atoms with Crippen LogP contribution in [0.4, 0.5) is 4.39 Å². The van der Waals surface area contributed by atoms with Gasteiger partial charge in [-0.2, -0.15) is 0 Å². The Labute approximate surface area is 170 Å². The number of halogens is 1. The largest absolute Gasteiger partial charge is 0.206 e. The maximum atomic E-state index is 14.4. The van der Waals surface area contributed by atoms with E-state index in [0.717, 1.165) is 37.7 Å². The van der Waals surface area contributed by atoms with Gasteiger partial charge in [-0.3, -0.25) is 0 Å². The van der Waals surface area contributed by atoms with E-state index in [1.54, 1.807) is 6.07 Å². The Bertz CT molecular complexity index is 798. The quantitative estimate of drug-likeness (QED) is 0.363. The summed E-state index contributed by atoms with van der Waals surface area (Å²) in [5.41, 5.74) is 4.51. The number of benzene rings is 2. The van der Waals surface area contributed by atoms with Crippen LogP contribution < -0.4 is 0 Å². The summed E-state index contributed by atoms with van der Waals surface area (Å²) in [6.07, 6.45) is 10.2. The van der Waals surface area contributed by atoms with Crippen molar-refractivity contribution in [3.05, 3.63) is 70.5 Å². The Kier molecular flexibility index (Phi) is 7.72. The van der Waals surface area contributed by atoms with Gasteiger partial charge in [-0.15, -0.1) is 0 Å². The van der Waals surface area contributed by atoms with Crippen LogP contribution >= 0.6 is 0 Å². The maximum Gasteiger partial charge on any atom is 0.139 e. The summed E-state index contributed by atoms with van der Waals surface area (Å²) in [6.45, 7) is 4.39. The summed E-state index contributed by atoms with van der Waals surface area (Å²) in [7, 11) is 0. The van der Waals surface area contributed by atoms with Crippen molar-refractivity contribution in [3.8, 4) is 11.8 Å². The molecule has 28 heavy (non-hydrogen) atoms. The molecule has 0 atom stereocenters. The highest BCUT2D eigenvalue weighted by Gasteiger charge is 2.21. The molecule has 0 aromatic heterocycles. The predicted octanol–water partition coefficient (Wildman–Crippen LogP) is 7.45. The van der Waals surface area contributed by atoms with Crippen LogP contribution in [-0.4, -0.2) is 0 Å². The molecule has 3 rings (SSSR count). The molecule has 1 aliphatic rings. The van der Waals surface area contributed by atoms with Crippen molar-refractivity contribution in [2.45, 2.75) is 77.6 Å². The molecular formula is C27H33F. The number of unbranched alkanes of at least 4 members (excludes halogenated alkanes) is 2. The first-order chi connectivity index (χ1) is 13.7. The topological polar surface area (TPSA) is 0 Å². The molecule has 0 spiro atoms. The fraction of sp³-hybridized carbons (Fsp3) is 0.481. The summed E-state index contributed by atoms with van der Waals surface area (Å²) in [5, 5.41) is 0. The van der Waals surface area contributed by atoms with Crippen LogP contribution in [0.15, 0.2) is 42.5 Å². The normalized spacial score (nSPS) is 19.1. The second-order valence-electron chi connectivity index (χ2n) is 8.18. The summed E-state index contributed by atoms with van der Waals surface area (Å²) in [6, 6.07) is 14.7. The lowest BCUT2D eigenvalue weighted by atomic mass is 9.79. The van der Waals surface area contributed by atoms with Gasteiger partial charge in [0.05, 0.1) is 5.56 Å². The molecule has 1 fully saturated rings. The molecule has 148 valence electrons. The van der Waals surface area contributed by atoms with E-state index in [4.69, 9.17) is 0 Å². The lowest BCUT2D eigenvalue weighted by Crippen LogP contribution is -2.12. The highest BCUT2D eigenvalue weighted by atomic mass is 19.1. The molecule has 0 nitrogen and oxygen atoms in total. The van der Waals surface area contributed by atoms with Crippen molar-refractivity contribution >= 4 is 0 Å². The maximum absolute atomic E-state index is 14.4. The van der Waals surface area contributed by atoms with Gasteiger partial charge < -0.3 is 0 Å². The molecule has 0 amide bonds. The zero-order valence-electron chi connectivity index (χ0n) is 17.4. The number of rotatable bonds is 6. The molecule has 0 aliphatic heterocycles. The van der Waals surface area contributed by atoms with Gasteiger partial charge in [0.2, 0.25) is 0 Å². The second kappa shape index (κ2) is 10.5. The Morgan fingerprint density at radius 1 is 0.893 bits per heavy atom. The fourth-order valence-corrected chi connectivity index (χ4v) is 4.17. The third kappa shape index (κ3) is 5.71. The first-order valence-corrected chi connectivity index (χ1v) is 11.1. The van der Waals surface area contributed by atoms with Crippen LogP contribution in [-0.2, 0) is 12.8 Å². The van der Waals surface area contributed by atoms with Crippen molar-refractivity contribution in [1.82, 2.24) is 0 Å². The van der Waals surface area contributed by atoms with Crippen molar-refractivity contribution in [2.24, 2.45) is 5.92 Å². The standard InChI is InChI=1S/C27H33F/c1-3-5-6-7-23-13-19-26(27(28)20-23)18-12-22-10-16-25(17-11-22)24-14-8-21(4-2)9-15-24/h8-9,13-15,19-20,22,25H,3-7,10-11,16-17H2,1-2H3/t22-,25-. The summed E-state index contributed by atoms with van der Waals surface area (Å²) < 4.78 is 14.4. The Morgan fingerprint density at radius 2 is 1.61 bits per heavy atom. The van der Waals surface area contributed by atoms with Gasteiger partial charge >= 0.3 is 0 Å². The van der Waals surface area contributed by atoms with Crippen molar-refractivity contribution < 1.29 is 4.39 Å². The van der Waals surface area contributed by atoms with E-state index < -0.39 is 0 Å². The zero-order chi connectivity index (χ0) is 19.8. The summed E-state index contributed by atoms with van der Waals surface area (Å²) in [5.74, 6) is 7.37. The first-order valence-electron chi connectivity index (χ1n) is 11.1. The molecule has 2 aromatic carbocycles. The van der Waals surface area contributed by atoms with Gasteiger partial charge in [-0.25, -0.2) is 4.39 Å². The number of aryl methyl sites for hydroxylation is 2. The molecule has 1 saturated carbocycles. The zero-order valence-corrected chi connectivity index (χ0v) is 17.4. The van der Waals surface area contributed by atoms with Crippen LogP contribution in [0.5, 0.6) is 0 Å². The molecule has 0 N–H and O–H groups in total. The molecule has 0 radical (unpaired) electrons. The Hall–Kier alpha value is -2.07. The van der Waals surface area contributed by atoms with E-state index in [1.165, 1.54) is 36.8 Å². The van der Waals surface area contributed by atoms with Gasteiger partial charge in [-0.05, 0) is 79.7 Å². The average Bonchev–Trinajstić information content (AvgIpc) is 2.74. The highest BCUT2D eigenvalue weighted by Crippen LogP contribution is 2.35. The van der Waals surface area contributed by atoms with E-state index in [2.05, 4.69) is 50.0 Å². The smallest absolute Gasteiger partial charge is 0.139 e. The lowest BCUT2D eigenvalue weighted by Gasteiger charge is -2.26. The van der Waals surface area contributed by atoms with Gasteiger partial charge in [0.1, 0.15) is 5.82 Å². The van der Waals surface area contributed by atoms with E-state index in [0.29, 0.717) is 17.4 Å². The van der Waals surface area contributed by atoms with E-state index in [-0.39, 0.29) is 5.82 Å². The monoisotopic (exact) mass is 376 g/mol. The van der Waals surface area contributed by atoms with Crippen molar-refractivity contribution in [2.75, 3.05) is 0 Å². The fourth-order valence-electron chi connectivity index (χ4n) is 4.17. The van der Waals surface area contributed by atoms with Crippen LogP contribution in [0.3, 0.4) is 0 Å². The van der Waals surface area contributed by atoms with Crippen molar-refractivity contribution in [1.29, 1.82) is 0 Å². The lowest BCUT2D eigenvalue weighted by molar-refractivity contribution is 0.384. The Balaban J connectivity index is 1.54. The van der Waals surface area contributed by atoms with Crippen LogP contribution in [0.2, 0.25) is 0 Å².